The van der Waals surface area contributed by atoms with Gasteiger partial charge >= 0.3 is 0 Å². The fourth-order valence-corrected chi connectivity index (χ4v) is 2.60. The molecule has 0 saturated heterocycles. The molecule has 2 unspecified atom stereocenters. The summed E-state index contributed by atoms with van der Waals surface area (Å²) in [6.45, 7) is 2.03. The Morgan fingerprint density at radius 2 is 2.15 bits per heavy atom. The molecule has 108 valence electrons. The number of hydrogen-bond acceptors (Lipinski definition) is 5. The minimum atomic E-state index is -0.247. The molecule has 2 atom stereocenters. The summed E-state index contributed by atoms with van der Waals surface area (Å²) in [6.07, 6.45) is 2.11. The van der Waals surface area contributed by atoms with Crippen molar-refractivity contribution in [2.75, 3.05) is 0 Å². The quantitative estimate of drug-likeness (QED) is 0.857. The Balaban J connectivity index is 2.02. The van der Waals surface area contributed by atoms with Crippen LogP contribution in [0.15, 0.2) is 24.3 Å². The van der Waals surface area contributed by atoms with Crippen molar-refractivity contribution in [2.45, 2.75) is 38.3 Å². The molecule has 1 aromatic heterocycles. The van der Waals surface area contributed by atoms with Gasteiger partial charge in [-0.2, -0.15) is 4.37 Å². The number of rotatable bonds is 6. The highest BCUT2D eigenvalue weighted by Crippen LogP contribution is 2.19. The molecule has 0 radical (unpaired) electrons. The second-order valence-corrected chi connectivity index (χ2v) is 5.65. The number of benzene rings is 1. The van der Waals surface area contributed by atoms with Crippen LogP contribution in [0.25, 0.3) is 0 Å². The Morgan fingerprint density at radius 3 is 2.85 bits per heavy atom. The van der Waals surface area contributed by atoms with Crippen LogP contribution in [0.3, 0.4) is 0 Å². The minimum absolute atomic E-state index is 0.0839. The molecule has 0 fully saturated rings. The zero-order chi connectivity index (χ0) is 14.5. The van der Waals surface area contributed by atoms with Gasteiger partial charge in [0.15, 0.2) is 0 Å². The van der Waals surface area contributed by atoms with Gasteiger partial charge in [-0.15, -0.1) is 0 Å². The van der Waals surface area contributed by atoms with Crippen LogP contribution in [0.4, 0.5) is 4.39 Å². The van der Waals surface area contributed by atoms with E-state index < -0.39 is 0 Å². The van der Waals surface area contributed by atoms with Gasteiger partial charge < -0.3 is 11.5 Å². The van der Waals surface area contributed by atoms with Crippen molar-refractivity contribution >= 4 is 11.5 Å². The first-order valence-electron chi connectivity index (χ1n) is 6.66. The van der Waals surface area contributed by atoms with Crippen molar-refractivity contribution in [1.82, 2.24) is 9.36 Å². The molecule has 0 bridgehead atoms. The summed E-state index contributed by atoms with van der Waals surface area (Å²) < 4.78 is 17.4. The first-order valence-corrected chi connectivity index (χ1v) is 7.44. The van der Waals surface area contributed by atoms with Crippen LogP contribution in [-0.4, -0.2) is 15.4 Å². The van der Waals surface area contributed by atoms with Crippen molar-refractivity contribution in [3.63, 3.8) is 0 Å². The fourth-order valence-electron chi connectivity index (χ4n) is 1.91. The highest BCUT2D eigenvalue weighted by Gasteiger charge is 2.15. The van der Waals surface area contributed by atoms with Gasteiger partial charge in [-0.3, -0.25) is 0 Å². The molecule has 2 rings (SSSR count). The summed E-state index contributed by atoms with van der Waals surface area (Å²) in [5.41, 5.74) is 12.8. The van der Waals surface area contributed by atoms with E-state index in [0.29, 0.717) is 18.7 Å². The normalized spacial score (nSPS) is 14.2. The number of hydrogen-bond donors (Lipinski definition) is 2. The van der Waals surface area contributed by atoms with Crippen molar-refractivity contribution in [2.24, 2.45) is 11.5 Å². The van der Waals surface area contributed by atoms with E-state index in [0.717, 1.165) is 17.0 Å². The van der Waals surface area contributed by atoms with E-state index in [4.69, 9.17) is 11.5 Å². The third-order valence-electron chi connectivity index (χ3n) is 3.13. The van der Waals surface area contributed by atoms with E-state index in [1.54, 1.807) is 6.07 Å². The lowest BCUT2D eigenvalue weighted by Crippen LogP contribution is -2.25. The van der Waals surface area contributed by atoms with Crippen molar-refractivity contribution in [3.05, 3.63) is 46.5 Å². The number of nitrogens with zero attached hydrogens (tertiary/aromatic N) is 2. The van der Waals surface area contributed by atoms with Gasteiger partial charge in [-0.05, 0) is 42.1 Å². The molecule has 4 N–H and O–H groups in total. The second kappa shape index (κ2) is 6.88. The average Bonchev–Trinajstić information content (AvgIpc) is 2.87. The maximum atomic E-state index is 13.1. The van der Waals surface area contributed by atoms with E-state index in [1.807, 2.05) is 13.0 Å². The van der Waals surface area contributed by atoms with Gasteiger partial charge in [0.05, 0.1) is 6.04 Å². The maximum absolute atomic E-state index is 13.1. The highest BCUT2D eigenvalue weighted by molar-refractivity contribution is 7.05. The van der Waals surface area contributed by atoms with E-state index in [-0.39, 0.29) is 17.9 Å². The lowest BCUT2D eigenvalue weighted by Gasteiger charge is -2.12. The summed E-state index contributed by atoms with van der Waals surface area (Å²) in [7, 11) is 0. The number of aromatic nitrogens is 2. The standard InChI is InChI=1S/C14H19FN4S/c1-2-11(16)8-12(17)14-18-13(19-20-14)7-9-4-3-5-10(15)6-9/h3-6,11-12H,2,7-8,16-17H2,1H3. The molecule has 2 aromatic rings. The molecule has 4 nitrogen and oxygen atoms in total. The van der Waals surface area contributed by atoms with Crippen LogP contribution in [0.1, 0.15) is 42.2 Å². The maximum Gasteiger partial charge on any atom is 0.147 e. The van der Waals surface area contributed by atoms with Gasteiger partial charge in [-0.1, -0.05) is 19.1 Å². The van der Waals surface area contributed by atoms with Gasteiger partial charge in [-0.25, -0.2) is 9.37 Å². The smallest absolute Gasteiger partial charge is 0.147 e. The Hall–Kier alpha value is -1.37. The van der Waals surface area contributed by atoms with E-state index in [1.165, 1.54) is 23.7 Å². The summed E-state index contributed by atoms with van der Waals surface area (Å²) in [5.74, 6) is 0.430. The summed E-state index contributed by atoms with van der Waals surface area (Å²) in [5, 5.41) is 0.792. The molecule has 0 aliphatic carbocycles. The first-order chi connectivity index (χ1) is 9.58. The summed E-state index contributed by atoms with van der Waals surface area (Å²) in [6, 6.07) is 6.36. The molecule has 0 saturated carbocycles. The summed E-state index contributed by atoms with van der Waals surface area (Å²) >= 11 is 1.30. The Labute approximate surface area is 122 Å². The predicted octanol–water partition coefficient (Wildman–Crippen LogP) is 2.40. The number of halogens is 1. The van der Waals surface area contributed by atoms with Crippen LogP contribution in [-0.2, 0) is 6.42 Å². The van der Waals surface area contributed by atoms with Crippen LogP contribution >= 0.6 is 11.5 Å². The van der Waals surface area contributed by atoms with Gasteiger partial charge in [0.25, 0.3) is 0 Å². The molecule has 6 heteroatoms. The summed E-state index contributed by atoms with van der Waals surface area (Å²) in [4.78, 5) is 4.43. The van der Waals surface area contributed by atoms with Crippen molar-refractivity contribution in [1.29, 1.82) is 0 Å². The average molecular weight is 294 g/mol. The zero-order valence-electron chi connectivity index (χ0n) is 11.4. The van der Waals surface area contributed by atoms with Crippen LogP contribution in [0, 0.1) is 5.82 Å². The molecule has 0 aliphatic rings. The predicted molar refractivity (Wildman–Crippen MR) is 78.9 cm³/mol. The van der Waals surface area contributed by atoms with Crippen LogP contribution in [0.2, 0.25) is 0 Å². The largest absolute Gasteiger partial charge is 0.328 e. The third kappa shape index (κ3) is 4.06. The molecule has 0 spiro atoms. The van der Waals surface area contributed by atoms with E-state index in [2.05, 4.69) is 9.36 Å². The molecule has 0 aliphatic heterocycles. The highest BCUT2D eigenvalue weighted by atomic mass is 32.1. The van der Waals surface area contributed by atoms with Crippen molar-refractivity contribution in [3.8, 4) is 0 Å². The van der Waals surface area contributed by atoms with Gasteiger partial charge in [0.1, 0.15) is 16.6 Å². The lowest BCUT2D eigenvalue weighted by molar-refractivity contribution is 0.523. The Morgan fingerprint density at radius 1 is 1.35 bits per heavy atom. The Kier molecular flexibility index (Phi) is 5.17. The third-order valence-corrected chi connectivity index (χ3v) is 4.02. The van der Waals surface area contributed by atoms with Crippen LogP contribution < -0.4 is 11.5 Å². The van der Waals surface area contributed by atoms with Gasteiger partial charge in [0.2, 0.25) is 0 Å². The van der Waals surface area contributed by atoms with Crippen LogP contribution in [0.5, 0.6) is 0 Å². The SMILES string of the molecule is CCC(N)CC(N)c1nc(Cc2cccc(F)c2)ns1. The van der Waals surface area contributed by atoms with E-state index >= 15 is 0 Å². The first kappa shape index (κ1) is 15.0. The molecule has 1 aromatic carbocycles. The molecule has 0 amide bonds. The molecule has 20 heavy (non-hydrogen) atoms. The molecule has 1 heterocycles. The fraction of sp³-hybridized carbons (Fsp3) is 0.429. The Bertz CT molecular complexity index is 558. The molecular weight excluding hydrogens is 275 g/mol. The topological polar surface area (TPSA) is 77.8 Å². The molecular formula is C14H19FN4S. The lowest BCUT2D eigenvalue weighted by atomic mass is 10.1. The number of nitrogens with two attached hydrogens (primary N) is 2. The monoisotopic (exact) mass is 294 g/mol. The van der Waals surface area contributed by atoms with Crippen molar-refractivity contribution < 1.29 is 4.39 Å². The second-order valence-electron chi connectivity index (χ2n) is 4.87. The minimum Gasteiger partial charge on any atom is -0.328 e. The zero-order valence-corrected chi connectivity index (χ0v) is 12.2. The van der Waals surface area contributed by atoms with E-state index in [9.17, 15) is 4.39 Å². The van der Waals surface area contributed by atoms with Gasteiger partial charge in [0, 0.05) is 12.5 Å².